The number of nitrogens with one attached hydrogen (secondary N) is 1. The average molecular weight is 1400 g/mol. The van der Waals surface area contributed by atoms with Crippen molar-refractivity contribution in [3.63, 3.8) is 0 Å². The molecule has 0 radical (unpaired) electrons. The predicted molar refractivity (Wildman–Crippen MR) is 329 cm³/mol. The van der Waals surface area contributed by atoms with Gasteiger partial charge in [-0.25, -0.2) is 52.1 Å². The molecule has 0 bridgehead atoms. The van der Waals surface area contributed by atoms with E-state index in [1.165, 1.54) is 75.0 Å². The summed E-state index contributed by atoms with van der Waals surface area (Å²) in [7, 11) is -1.00. The van der Waals surface area contributed by atoms with Gasteiger partial charge in [-0.1, -0.05) is 64.5 Å². The van der Waals surface area contributed by atoms with Crippen LogP contribution in [-0.4, -0.2) is 84.8 Å². The Bertz CT molecular complexity index is 4760. The summed E-state index contributed by atoms with van der Waals surface area (Å²) in [6.07, 6.45) is 1.83. The summed E-state index contributed by atoms with van der Waals surface area (Å²) in [5.74, 6) is -5.26. The van der Waals surface area contributed by atoms with E-state index in [9.17, 15) is 31.5 Å². The number of aromatic nitrogens is 12. The number of nitrogens with zero attached hydrogens (tertiary/aromatic N) is 11. The molecule has 2 unspecified atom stereocenters. The maximum absolute atomic E-state index is 15.5. The fourth-order valence-corrected chi connectivity index (χ4v) is 9.69. The number of hydrogen-bond acceptors (Lipinski definition) is 17. The molecule has 0 spiro atoms. The molecule has 0 aliphatic carbocycles. The van der Waals surface area contributed by atoms with Gasteiger partial charge in [0.1, 0.15) is 70.1 Å². The van der Waals surface area contributed by atoms with Crippen LogP contribution in [0.25, 0.3) is 77.8 Å². The van der Waals surface area contributed by atoms with Crippen molar-refractivity contribution >= 4 is 77.9 Å². The molecule has 5 N–H and O–H groups in total. The second-order valence-corrected chi connectivity index (χ2v) is 21.1. The predicted octanol–water partition coefficient (Wildman–Crippen LogP) is 5.38. The number of benzene rings is 6. The number of carbonyl (C=O) groups is 1. The Morgan fingerprint density at radius 1 is 0.613 bits per heavy atom. The third kappa shape index (κ3) is 16.2. The maximum Gasteiger partial charge on any atom is 1.00 e. The normalized spacial score (nSPS) is 11.5. The minimum Gasteiger partial charge on any atom is -1.00 e. The number of alkyl halides is 2. The minimum absolute atomic E-state index is 0. The molecule has 6 heterocycles. The fourth-order valence-electron chi connectivity index (χ4n) is 9.38. The van der Waals surface area contributed by atoms with Crippen LogP contribution in [0.1, 0.15) is 66.9 Å². The number of aromatic amines is 1. The third-order valence-electron chi connectivity index (χ3n) is 13.2. The first kappa shape index (κ1) is 73.0. The standard InChI is InChI=1S/C30H24F3N7O2.C16H12BrFN2O.C14H13F2N5O.CH3F.CH2O3.2K.H/c1-15(2)42-21-13-12-18(24(32)25(21)33)26-23-27(34)35-14-36-29(23)40(38-26)16(3)28-37-20-11-7-10-19(31)22(20)30(41)39(28)17-8-5-4-6-9-17;1-10(17)15-19-13-9-5-8-12(18)14(13)16(21)20(15)11-6-3-2-4-7-11;1-6(2)22-8-4-3-7(10(15)11(8)16)12-9-13(17)18-5-19-14(9)21-20-12;1-2;2-1-4-3;;;/h4-16H,1-3H3,(H2,34,35,36);2-10H,1H3;3-6H,1-2H3,(H3,17,18,19,20,21);1H3;1,3H;;;/q;;;;;2*+1;-1/p-1/i;;;1D;;;;. The van der Waals surface area contributed by atoms with Crippen molar-refractivity contribution in [1.29, 1.82) is 0 Å². The van der Waals surface area contributed by atoms with E-state index in [0.717, 1.165) is 0 Å². The van der Waals surface area contributed by atoms with Gasteiger partial charge in [0.05, 0.1) is 64.4 Å². The number of para-hydroxylation sites is 2. The molecular weight excluding hydrogens is 1340 g/mol. The largest absolute Gasteiger partial charge is 1.00 e. The Morgan fingerprint density at radius 2 is 1.06 bits per heavy atom. The number of carbonyl (C=O) groups excluding carboxylic acids is 1. The Hall–Kier alpha value is -7.41. The van der Waals surface area contributed by atoms with Gasteiger partial charge in [-0.2, -0.15) is 19.0 Å². The van der Waals surface area contributed by atoms with Crippen molar-refractivity contribution in [2.24, 2.45) is 0 Å². The minimum atomic E-state index is -1.18. The molecule has 0 aliphatic heterocycles. The molecule has 0 fully saturated rings. The van der Waals surface area contributed by atoms with Gasteiger partial charge in [-0.15, -0.1) is 0 Å². The van der Waals surface area contributed by atoms with Crippen LogP contribution in [0.3, 0.4) is 0 Å². The van der Waals surface area contributed by atoms with E-state index in [4.69, 9.17) is 32.4 Å². The van der Waals surface area contributed by atoms with Gasteiger partial charge in [-0.05, 0) is 114 Å². The van der Waals surface area contributed by atoms with E-state index < -0.39 is 59.2 Å². The summed E-state index contributed by atoms with van der Waals surface area (Å²) in [6.45, 7) is 10.3. The number of hydrogen-bond donors (Lipinski definition) is 3. The van der Waals surface area contributed by atoms with Gasteiger partial charge in [0.25, 0.3) is 17.6 Å². The smallest absolute Gasteiger partial charge is 1.00 e. The van der Waals surface area contributed by atoms with Crippen molar-refractivity contribution in [1.82, 2.24) is 59.0 Å². The summed E-state index contributed by atoms with van der Waals surface area (Å²) >= 11 is 3.45. The van der Waals surface area contributed by atoms with Gasteiger partial charge < -0.3 is 32.5 Å². The first-order valence-electron chi connectivity index (χ1n) is 27.8. The van der Waals surface area contributed by atoms with Gasteiger partial charge in [0.2, 0.25) is 11.6 Å². The number of halogens is 8. The van der Waals surface area contributed by atoms with Crippen LogP contribution in [0.15, 0.2) is 144 Å². The SMILES string of the molecule is CC(Br)c1nc2cccc(F)c2c(=O)n1-c1ccccc1.CC(C)Oc1ccc(-c2[nH]nc3ncnc(N)c23)c(F)c1F.CC(C)Oc1ccc(-c2nn(C(C)c3nc4cccc(F)c4c(=O)n3-c3ccccc3)c3ncnc(N)c23)c(F)c1F.O=CO[O-].[2H]CF.[H-].[K+].[K+]. The Kier molecular flexibility index (Phi) is 26.4. The number of fused-ring (bicyclic) bond motifs is 4. The summed E-state index contributed by atoms with van der Waals surface area (Å²) < 4.78 is 118. The van der Waals surface area contributed by atoms with Crippen LogP contribution in [0.5, 0.6) is 11.5 Å². The van der Waals surface area contributed by atoms with Crippen LogP contribution in [-0.2, 0) is 9.68 Å². The zero-order chi connectivity index (χ0) is 66.7. The Morgan fingerprint density at radius 3 is 1.55 bits per heavy atom. The van der Waals surface area contributed by atoms with Gasteiger partial charge in [-0.3, -0.25) is 33.0 Å². The van der Waals surface area contributed by atoms with E-state index in [2.05, 4.69) is 66.0 Å². The van der Waals surface area contributed by atoms with E-state index in [1.54, 1.807) is 89.2 Å². The summed E-state index contributed by atoms with van der Waals surface area (Å²) in [4.78, 5) is 62.8. The molecule has 0 aliphatic rings. The van der Waals surface area contributed by atoms with E-state index in [1.807, 2.05) is 25.1 Å². The van der Waals surface area contributed by atoms with Crippen molar-refractivity contribution < 1.29 is 161 Å². The molecule has 472 valence electrons. The summed E-state index contributed by atoms with van der Waals surface area (Å²) in [6, 6.07) is 31.0. The third-order valence-corrected chi connectivity index (χ3v) is 13.6. The molecule has 12 aromatic rings. The number of ether oxygens (including phenoxy) is 2. The monoisotopic (exact) mass is 1400 g/mol. The fraction of sp³-hybridized carbons (Fsp3) is 0.177. The summed E-state index contributed by atoms with van der Waals surface area (Å²) in [5, 5.41) is 19.9. The number of H-pyrrole nitrogens is 1. The van der Waals surface area contributed by atoms with Crippen molar-refractivity contribution in [2.45, 2.75) is 64.6 Å². The number of nitrogen functional groups attached to an aromatic ring is 2. The van der Waals surface area contributed by atoms with E-state index >= 15 is 8.78 Å². The second kappa shape index (κ2) is 33.6. The van der Waals surface area contributed by atoms with Crippen LogP contribution in [0.4, 0.5) is 42.4 Å². The average Bonchev–Trinajstić information content (AvgIpc) is 1.38. The van der Waals surface area contributed by atoms with Crippen molar-refractivity contribution in [3.8, 4) is 45.4 Å². The Balaban J connectivity index is 0.000000261. The molecule has 21 nitrogen and oxygen atoms in total. The molecule has 0 amide bonds. The number of rotatable bonds is 12. The number of anilines is 2. The first-order chi connectivity index (χ1) is 44.1. The molecule has 6 aromatic carbocycles. The van der Waals surface area contributed by atoms with Crippen molar-refractivity contribution in [3.05, 3.63) is 201 Å². The van der Waals surface area contributed by atoms with E-state index in [0.29, 0.717) is 28.1 Å². The van der Waals surface area contributed by atoms with Crippen molar-refractivity contribution in [2.75, 3.05) is 18.6 Å². The molecule has 12 rings (SSSR count). The molecule has 93 heavy (non-hydrogen) atoms. The molecule has 31 heteroatoms. The zero-order valence-electron chi connectivity index (χ0n) is 52.8. The number of nitrogens with two attached hydrogens (primary N) is 2. The van der Waals surface area contributed by atoms with Crippen LogP contribution < -0.4 is 140 Å². The van der Waals surface area contributed by atoms with Crippen LogP contribution >= 0.6 is 15.9 Å². The second-order valence-electron chi connectivity index (χ2n) is 19.8. The molecule has 6 aromatic heterocycles. The maximum atomic E-state index is 15.5. The van der Waals surface area contributed by atoms with Crippen LogP contribution in [0, 0.1) is 34.9 Å². The van der Waals surface area contributed by atoms with Gasteiger partial charge in [0.15, 0.2) is 34.4 Å². The summed E-state index contributed by atoms with van der Waals surface area (Å²) in [5.41, 5.74) is 13.1. The van der Waals surface area contributed by atoms with E-state index in [-0.39, 0.29) is 212 Å². The van der Waals surface area contributed by atoms with Gasteiger partial charge >= 0.3 is 103 Å². The van der Waals surface area contributed by atoms with Crippen LogP contribution in [0.2, 0.25) is 0 Å². The quantitative estimate of drug-likeness (QED) is 0.0346. The molecular formula is C62H54BrF7K2N14O7. The molecule has 0 saturated heterocycles. The molecule has 0 saturated carbocycles. The van der Waals surface area contributed by atoms with Gasteiger partial charge in [0, 0.05) is 11.1 Å². The Labute approximate surface area is 620 Å². The topological polar surface area (TPSA) is 288 Å². The first-order valence-corrected chi connectivity index (χ1v) is 28.0. The zero-order valence-corrected chi connectivity index (χ0v) is 58.6. The molecule has 2 atom stereocenters.